The van der Waals surface area contributed by atoms with Crippen LogP contribution in [0.5, 0.6) is 0 Å². The molecule has 0 aliphatic carbocycles. The molecular weight excluding hydrogens is 256 g/mol. The lowest BCUT2D eigenvalue weighted by Crippen LogP contribution is -2.12. The molecule has 0 radical (unpaired) electrons. The van der Waals surface area contributed by atoms with E-state index in [4.69, 9.17) is 4.42 Å². The first-order valence-electron chi connectivity index (χ1n) is 6.38. The van der Waals surface area contributed by atoms with Crippen molar-refractivity contribution in [2.75, 3.05) is 5.32 Å². The molecule has 0 saturated heterocycles. The summed E-state index contributed by atoms with van der Waals surface area (Å²) in [5, 5.41) is 9.58. The molecule has 3 rings (SSSR count). The van der Waals surface area contributed by atoms with Gasteiger partial charge >= 0.3 is 0 Å². The molecule has 0 unspecified atom stereocenters. The number of anilines is 1. The third kappa shape index (κ3) is 2.27. The first kappa shape index (κ1) is 12.4. The number of amides is 1. The number of oxazole rings is 1. The van der Waals surface area contributed by atoms with Crippen molar-refractivity contribution in [1.29, 1.82) is 0 Å². The Hall–Kier alpha value is -2.63. The van der Waals surface area contributed by atoms with Gasteiger partial charge in [-0.2, -0.15) is 5.10 Å². The molecule has 0 atom stereocenters. The van der Waals surface area contributed by atoms with Gasteiger partial charge in [0.2, 0.25) is 0 Å². The van der Waals surface area contributed by atoms with Crippen molar-refractivity contribution in [2.24, 2.45) is 0 Å². The zero-order chi connectivity index (χ0) is 14.1. The third-order valence-corrected chi connectivity index (χ3v) is 3.00. The van der Waals surface area contributed by atoms with Gasteiger partial charge in [0.05, 0.1) is 0 Å². The van der Waals surface area contributed by atoms with Gasteiger partial charge in [-0.15, -0.1) is 0 Å². The van der Waals surface area contributed by atoms with Gasteiger partial charge in [0.15, 0.2) is 17.2 Å². The number of fused-ring (bicyclic) bond motifs is 1. The molecule has 2 aromatic heterocycles. The van der Waals surface area contributed by atoms with Gasteiger partial charge in [0, 0.05) is 24.4 Å². The number of carbonyl (C=O) groups excluding carboxylic acids is 1. The van der Waals surface area contributed by atoms with Gasteiger partial charge in [0.1, 0.15) is 5.52 Å². The van der Waals surface area contributed by atoms with Crippen molar-refractivity contribution in [3.05, 3.63) is 41.5 Å². The van der Waals surface area contributed by atoms with Crippen LogP contribution in [0.25, 0.3) is 11.1 Å². The minimum absolute atomic E-state index is 0.253. The summed E-state index contributed by atoms with van der Waals surface area (Å²) in [6.45, 7) is 3.78. The van der Waals surface area contributed by atoms with Crippen LogP contribution in [0, 0.1) is 6.92 Å². The lowest BCUT2D eigenvalue weighted by atomic mass is 10.2. The van der Waals surface area contributed by atoms with E-state index >= 15 is 0 Å². The number of nitrogens with zero attached hydrogens (tertiary/aromatic N) is 2. The van der Waals surface area contributed by atoms with E-state index in [1.165, 1.54) is 0 Å². The summed E-state index contributed by atoms with van der Waals surface area (Å²) >= 11 is 0. The second-order valence-electron chi connectivity index (χ2n) is 4.50. The fourth-order valence-corrected chi connectivity index (χ4v) is 1.97. The van der Waals surface area contributed by atoms with Crippen molar-refractivity contribution in [2.45, 2.75) is 20.3 Å². The number of aromatic amines is 1. The monoisotopic (exact) mass is 270 g/mol. The van der Waals surface area contributed by atoms with Gasteiger partial charge in [0.25, 0.3) is 5.91 Å². The minimum Gasteiger partial charge on any atom is -0.441 e. The highest BCUT2D eigenvalue weighted by Gasteiger charge is 2.11. The number of hydrogen-bond acceptors (Lipinski definition) is 4. The number of nitrogens with one attached hydrogen (secondary N) is 2. The first-order valence-corrected chi connectivity index (χ1v) is 6.38. The Morgan fingerprint density at radius 2 is 2.25 bits per heavy atom. The number of carbonyl (C=O) groups is 1. The number of hydrogen-bond donors (Lipinski definition) is 2. The number of aromatic nitrogens is 3. The molecule has 1 amide bonds. The zero-order valence-corrected chi connectivity index (χ0v) is 11.2. The van der Waals surface area contributed by atoms with Crippen LogP contribution in [0.4, 0.5) is 5.69 Å². The van der Waals surface area contributed by atoms with E-state index in [1.807, 2.05) is 13.0 Å². The minimum atomic E-state index is -0.253. The highest BCUT2D eigenvalue weighted by Crippen LogP contribution is 2.20. The molecule has 0 bridgehead atoms. The SMILES string of the molecule is CCc1cc(C(=O)Nc2ccc3nc(C)oc3c2)n[nH]1. The Kier molecular flexibility index (Phi) is 2.98. The van der Waals surface area contributed by atoms with Crippen LogP contribution in [0.3, 0.4) is 0 Å². The highest BCUT2D eigenvalue weighted by molar-refractivity contribution is 6.03. The molecule has 2 N–H and O–H groups in total. The number of rotatable bonds is 3. The Bertz CT molecular complexity index is 772. The van der Waals surface area contributed by atoms with Crippen molar-refractivity contribution in [1.82, 2.24) is 15.2 Å². The van der Waals surface area contributed by atoms with Crippen LogP contribution >= 0.6 is 0 Å². The second kappa shape index (κ2) is 4.80. The Labute approximate surface area is 115 Å². The van der Waals surface area contributed by atoms with Crippen LogP contribution in [0.15, 0.2) is 28.7 Å². The van der Waals surface area contributed by atoms with Crippen LogP contribution < -0.4 is 5.32 Å². The van der Waals surface area contributed by atoms with Gasteiger partial charge in [-0.05, 0) is 24.6 Å². The van der Waals surface area contributed by atoms with Crippen molar-refractivity contribution < 1.29 is 9.21 Å². The number of benzene rings is 1. The van der Waals surface area contributed by atoms with Gasteiger partial charge in [-0.1, -0.05) is 6.92 Å². The topological polar surface area (TPSA) is 83.8 Å². The Morgan fingerprint density at radius 1 is 1.40 bits per heavy atom. The van der Waals surface area contributed by atoms with Crippen LogP contribution in [0.2, 0.25) is 0 Å². The molecule has 0 spiro atoms. The fraction of sp³-hybridized carbons (Fsp3) is 0.214. The molecule has 1 aromatic carbocycles. The van der Waals surface area contributed by atoms with E-state index in [0.717, 1.165) is 17.6 Å². The molecule has 6 nitrogen and oxygen atoms in total. The van der Waals surface area contributed by atoms with Gasteiger partial charge in [-0.25, -0.2) is 4.98 Å². The van der Waals surface area contributed by atoms with E-state index in [0.29, 0.717) is 22.9 Å². The predicted octanol–water partition coefficient (Wildman–Crippen LogP) is 2.67. The summed E-state index contributed by atoms with van der Waals surface area (Å²) in [6.07, 6.45) is 0.809. The van der Waals surface area contributed by atoms with Gasteiger partial charge in [-0.3, -0.25) is 9.89 Å². The average molecular weight is 270 g/mol. The highest BCUT2D eigenvalue weighted by atomic mass is 16.3. The third-order valence-electron chi connectivity index (χ3n) is 3.00. The van der Waals surface area contributed by atoms with Crippen LogP contribution in [0.1, 0.15) is 29.0 Å². The van der Waals surface area contributed by atoms with Crippen molar-refractivity contribution in [3.8, 4) is 0 Å². The molecule has 0 fully saturated rings. The Balaban J connectivity index is 1.82. The van der Waals surface area contributed by atoms with E-state index in [1.54, 1.807) is 25.1 Å². The normalized spacial score (nSPS) is 10.9. The molecule has 0 aliphatic rings. The second-order valence-corrected chi connectivity index (χ2v) is 4.50. The van der Waals surface area contributed by atoms with Gasteiger partial charge < -0.3 is 9.73 Å². The lowest BCUT2D eigenvalue weighted by molar-refractivity contribution is 0.102. The van der Waals surface area contributed by atoms with Crippen LogP contribution in [-0.4, -0.2) is 21.1 Å². The lowest BCUT2D eigenvalue weighted by Gasteiger charge is -2.01. The Morgan fingerprint density at radius 3 is 3.00 bits per heavy atom. The summed E-state index contributed by atoms with van der Waals surface area (Å²) < 4.78 is 5.43. The maximum absolute atomic E-state index is 12.0. The van der Waals surface area contributed by atoms with Crippen LogP contribution in [-0.2, 0) is 6.42 Å². The quantitative estimate of drug-likeness (QED) is 0.766. The molecule has 2 heterocycles. The molecule has 3 aromatic rings. The molecule has 0 aliphatic heterocycles. The average Bonchev–Trinajstić information content (AvgIpc) is 3.03. The summed E-state index contributed by atoms with van der Waals surface area (Å²) in [4.78, 5) is 16.3. The largest absolute Gasteiger partial charge is 0.441 e. The molecular formula is C14H14N4O2. The maximum Gasteiger partial charge on any atom is 0.276 e. The van der Waals surface area contributed by atoms with E-state index in [-0.39, 0.29) is 5.91 Å². The molecule has 6 heteroatoms. The fourth-order valence-electron chi connectivity index (χ4n) is 1.97. The molecule has 102 valence electrons. The zero-order valence-electron chi connectivity index (χ0n) is 11.2. The standard InChI is InChI=1S/C14H14N4O2/c1-3-9-6-12(18-17-9)14(19)16-10-4-5-11-13(7-10)20-8(2)15-11/h4-7H,3H2,1-2H3,(H,16,19)(H,17,18). The maximum atomic E-state index is 12.0. The van der Waals surface area contributed by atoms with Crippen molar-refractivity contribution in [3.63, 3.8) is 0 Å². The first-order chi connectivity index (χ1) is 9.65. The number of H-pyrrole nitrogens is 1. The summed E-state index contributed by atoms with van der Waals surface area (Å²) in [5.41, 5.74) is 3.37. The predicted molar refractivity (Wildman–Crippen MR) is 74.7 cm³/mol. The van der Waals surface area contributed by atoms with E-state index < -0.39 is 0 Å². The molecule has 20 heavy (non-hydrogen) atoms. The summed E-state index contributed by atoms with van der Waals surface area (Å²) in [7, 11) is 0. The van der Waals surface area contributed by atoms with Crippen molar-refractivity contribution >= 4 is 22.7 Å². The summed E-state index contributed by atoms with van der Waals surface area (Å²) in [5.74, 6) is 0.347. The van der Waals surface area contributed by atoms with E-state index in [2.05, 4.69) is 20.5 Å². The molecule has 0 saturated carbocycles. The summed E-state index contributed by atoms with van der Waals surface area (Å²) in [6, 6.07) is 7.09. The number of aryl methyl sites for hydroxylation is 2. The van der Waals surface area contributed by atoms with E-state index in [9.17, 15) is 4.79 Å². The smallest absolute Gasteiger partial charge is 0.276 e.